The first-order chi connectivity index (χ1) is 17.8. The Kier molecular flexibility index (Phi) is 8.97. The molecule has 3 rings (SSSR count). The highest BCUT2D eigenvalue weighted by Crippen LogP contribution is 2.23. The van der Waals surface area contributed by atoms with E-state index in [9.17, 15) is 19.2 Å². The molecule has 0 saturated carbocycles. The highest BCUT2D eigenvalue weighted by atomic mass is 16.6. The summed E-state index contributed by atoms with van der Waals surface area (Å²) in [7, 11) is 0. The van der Waals surface area contributed by atoms with Crippen molar-refractivity contribution < 1.29 is 23.5 Å². The van der Waals surface area contributed by atoms with Crippen LogP contribution >= 0.6 is 0 Å². The maximum Gasteiger partial charge on any atom is 0.410 e. The first kappa shape index (κ1) is 28.5. The third kappa shape index (κ3) is 7.70. The summed E-state index contributed by atoms with van der Waals surface area (Å²) in [6, 6.07) is 4.70. The topological polar surface area (TPSA) is 182 Å². The number of hydrogen-bond acceptors (Lipinski definition) is 7. The van der Waals surface area contributed by atoms with E-state index in [1.807, 2.05) is 0 Å². The molecule has 206 valence electrons. The number of hydrogen-bond donors (Lipinski definition) is 4. The van der Waals surface area contributed by atoms with Crippen LogP contribution in [0.4, 0.5) is 10.5 Å². The summed E-state index contributed by atoms with van der Waals surface area (Å²) < 4.78 is 10.7. The Morgan fingerprint density at radius 3 is 2.66 bits per heavy atom. The molecule has 0 spiro atoms. The number of nitrogens with one attached hydrogen (secondary N) is 2. The zero-order valence-electron chi connectivity index (χ0n) is 22.2. The molecule has 3 amide bonds. The number of aliphatic imine (C=N–C) groups is 1. The molecular formula is C26H36N6O6. The second-order valence-corrected chi connectivity index (χ2v) is 10.3. The Morgan fingerprint density at radius 1 is 1.24 bits per heavy atom. The lowest BCUT2D eigenvalue weighted by Gasteiger charge is -2.29. The summed E-state index contributed by atoms with van der Waals surface area (Å²) in [6.45, 7) is 7.72. The molecule has 1 fully saturated rings. The molecule has 0 aliphatic carbocycles. The summed E-state index contributed by atoms with van der Waals surface area (Å²) >= 11 is 0. The Morgan fingerprint density at radius 2 is 1.97 bits per heavy atom. The van der Waals surface area contributed by atoms with Gasteiger partial charge in [-0.25, -0.2) is 9.59 Å². The standard InChI is InChI=1S/C26H36N6O6/c1-15-13-21(33)37-20-14-16(9-10-17(15)20)30-22(34)18(7-5-11-29-24(27)28)31-23(35)19-8-6-12-32(19)25(36)38-26(2,3)4/h9-10,13-14,18-19H,5-8,11-12H2,1-4H3,(H,30,34)(H,31,35)(H4,27,28,29)/t18-,19-/m0/s1. The molecule has 1 saturated heterocycles. The van der Waals surface area contributed by atoms with E-state index in [0.29, 0.717) is 37.1 Å². The average molecular weight is 529 g/mol. The zero-order valence-corrected chi connectivity index (χ0v) is 22.2. The summed E-state index contributed by atoms with van der Waals surface area (Å²) in [5.41, 5.74) is 11.1. The molecule has 12 nitrogen and oxygen atoms in total. The van der Waals surface area contributed by atoms with Crippen molar-refractivity contribution in [1.29, 1.82) is 0 Å². The van der Waals surface area contributed by atoms with Gasteiger partial charge in [-0.3, -0.25) is 19.5 Å². The lowest BCUT2D eigenvalue weighted by Crippen LogP contribution is -2.52. The number of anilines is 1. The molecule has 0 radical (unpaired) electrons. The van der Waals surface area contributed by atoms with Crippen LogP contribution in [0.2, 0.25) is 0 Å². The summed E-state index contributed by atoms with van der Waals surface area (Å²) in [5, 5.41) is 6.31. The van der Waals surface area contributed by atoms with Crippen LogP contribution < -0.4 is 27.7 Å². The van der Waals surface area contributed by atoms with Crippen molar-refractivity contribution in [1.82, 2.24) is 10.2 Å². The van der Waals surface area contributed by atoms with Crippen molar-refractivity contribution in [3.05, 3.63) is 40.2 Å². The molecule has 1 aliphatic rings. The number of aryl methyl sites for hydroxylation is 1. The Hall–Kier alpha value is -4.09. The number of rotatable bonds is 8. The lowest BCUT2D eigenvalue weighted by molar-refractivity contribution is -0.129. The monoisotopic (exact) mass is 528 g/mol. The minimum Gasteiger partial charge on any atom is -0.444 e. The van der Waals surface area contributed by atoms with E-state index in [1.165, 1.54) is 11.0 Å². The molecule has 0 unspecified atom stereocenters. The Bertz CT molecular complexity index is 1280. The fraction of sp³-hybridized carbons (Fsp3) is 0.500. The SMILES string of the molecule is Cc1cc(=O)oc2cc(NC(=O)[C@H](CCCN=C(N)N)NC(=O)[C@@H]3CCCN3C(=O)OC(C)(C)C)ccc12. The average Bonchev–Trinajstić information content (AvgIpc) is 3.29. The first-order valence-electron chi connectivity index (χ1n) is 12.5. The van der Waals surface area contributed by atoms with Crippen molar-refractivity contribution in [2.75, 3.05) is 18.4 Å². The van der Waals surface area contributed by atoms with Gasteiger partial charge >= 0.3 is 11.7 Å². The maximum absolute atomic E-state index is 13.3. The van der Waals surface area contributed by atoms with Crippen molar-refractivity contribution in [2.45, 2.75) is 71.1 Å². The van der Waals surface area contributed by atoms with Crippen molar-refractivity contribution >= 4 is 40.5 Å². The van der Waals surface area contributed by atoms with Gasteiger partial charge in [0.05, 0.1) is 0 Å². The number of benzene rings is 1. The number of nitrogens with zero attached hydrogens (tertiary/aromatic N) is 2. The molecule has 6 N–H and O–H groups in total. The summed E-state index contributed by atoms with van der Waals surface area (Å²) in [4.78, 5) is 56.2. The molecular weight excluding hydrogens is 492 g/mol. The van der Waals surface area contributed by atoms with Crippen LogP contribution in [0, 0.1) is 6.92 Å². The number of carbonyl (C=O) groups excluding carboxylic acids is 3. The zero-order chi connectivity index (χ0) is 28.0. The van der Waals surface area contributed by atoms with Crippen LogP contribution in [0.15, 0.2) is 38.5 Å². The van der Waals surface area contributed by atoms with E-state index in [1.54, 1.807) is 45.9 Å². The molecule has 1 aliphatic heterocycles. The molecule has 2 aromatic rings. The van der Waals surface area contributed by atoms with E-state index in [2.05, 4.69) is 15.6 Å². The van der Waals surface area contributed by atoms with E-state index in [4.69, 9.17) is 20.6 Å². The fourth-order valence-electron chi connectivity index (χ4n) is 4.25. The Balaban J connectivity index is 1.76. The molecule has 0 bridgehead atoms. The van der Waals surface area contributed by atoms with Gasteiger partial charge in [-0.2, -0.15) is 0 Å². The third-order valence-electron chi connectivity index (χ3n) is 5.98. The molecule has 1 aromatic carbocycles. The van der Waals surface area contributed by atoms with Crippen LogP contribution in [-0.4, -0.2) is 59.5 Å². The number of fused-ring (bicyclic) bond motifs is 1. The third-order valence-corrected chi connectivity index (χ3v) is 5.98. The van der Waals surface area contributed by atoms with E-state index in [-0.39, 0.29) is 18.9 Å². The molecule has 1 aromatic heterocycles. The van der Waals surface area contributed by atoms with Crippen LogP contribution in [0.5, 0.6) is 0 Å². The van der Waals surface area contributed by atoms with E-state index >= 15 is 0 Å². The number of guanidine groups is 1. The van der Waals surface area contributed by atoms with Gasteiger partial charge in [-0.15, -0.1) is 0 Å². The predicted molar refractivity (Wildman–Crippen MR) is 144 cm³/mol. The van der Waals surface area contributed by atoms with Gasteiger partial charge < -0.3 is 31.3 Å². The minimum absolute atomic E-state index is 0.0676. The lowest BCUT2D eigenvalue weighted by atomic mass is 10.1. The molecule has 38 heavy (non-hydrogen) atoms. The van der Waals surface area contributed by atoms with Gasteiger partial charge in [0.1, 0.15) is 23.3 Å². The predicted octanol–water partition coefficient (Wildman–Crippen LogP) is 1.98. The second-order valence-electron chi connectivity index (χ2n) is 10.3. The number of likely N-dealkylation sites (tertiary alicyclic amines) is 1. The number of nitrogens with two attached hydrogens (primary N) is 2. The normalized spacial score (nSPS) is 16.1. The fourth-order valence-corrected chi connectivity index (χ4v) is 4.25. The molecule has 2 atom stereocenters. The molecule has 12 heteroatoms. The van der Waals surface area contributed by atoms with Gasteiger partial charge in [0.15, 0.2) is 5.96 Å². The summed E-state index contributed by atoms with van der Waals surface area (Å²) in [6.07, 6.45) is 1.19. The minimum atomic E-state index is -0.932. The van der Waals surface area contributed by atoms with E-state index in [0.717, 1.165) is 10.9 Å². The van der Waals surface area contributed by atoms with Gasteiger partial charge in [0.2, 0.25) is 11.8 Å². The van der Waals surface area contributed by atoms with Gasteiger partial charge in [0, 0.05) is 36.3 Å². The largest absolute Gasteiger partial charge is 0.444 e. The number of carbonyl (C=O) groups is 3. The second kappa shape index (κ2) is 12.0. The van der Waals surface area contributed by atoms with Gasteiger partial charge in [-0.1, -0.05) is 0 Å². The first-order valence-corrected chi connectivity index (χ1v) is 12.5. The highest BCUT2D eigenvalue weighted by Gasteiger charge is 2.38. The Labute approximate surface area is 220 Å². The van der Waals surface area contributed by atoms with Crippen LogP contribution in [0.25, 0.3) is 11.0 Å². The summed E-state index contributed by atoms with van der Waals surface area (Å²) in [5.74, 6) is -0.989. The quantitative estimate of drug-likeness (QED) is 0.173. The van der Waals surface area contributed by atoms with Crippen molar-refractivity contribution in [3.63, 3.8) is 0 Å². The number of ether oxygens (including phenoxy) is 1. The highest BCUT2D eigenvalue weighted by molar-refractivity contribution is 5.99. The molecule has 2 heterocycles. The van der Waals surface area contributed by atoms with E-state index < -0.39 is 41.2 Å². The smallest absolute Gasteiger partial charge is 0.410 e. The van der Waals surface area contributed by atoms with Gasteiger partial charge in [-0.05, 0) is 71.1 Å². The van der Waals surface area contributed by atoms with Crippen molar-refractivity contribution in [2.24, 2.45) is 16.5 Å². The van der Waals surface area contributed by atoms with Crippen LogP contribution in [0.1, 0.15) is 52.0 Å². The van der Waals surface area contributed by atoms with Crippen LogP contribution in [-0.2, 0) is 14.3 Å². The van der Waals surface area contributed by atoms with Crippen molar-refractivity contribution in [3.8, 4) is 0 Å². The number of amides is 3. The maximum atomic E-state index is 13.3. The van der Waals surface area contributed by atoms with Crippen LogP contribution in [0.3, 0.4) is 0 Å². The van der Waals surface area contributed by atoms with Gasteiger partial charge in [0.25, 0.3) is 0 Å².